The van der Waals surface area contributed by atoms with Gasteiger partial charge in [0.2, 0.25) is 0 Å². The number of sulfonamides is 1. The largest absolute Gasteiger partial charge is 0.496 e. The van der Waals surface area contributed by atoms with Crippen LogP contribution < -0.4 is 9.46 Å². The number of nitrogens with one attached hydrogen (secondary N) is 1. The number of rotatable bonds is 5. The lowest BCUT2D eigenvalue weighted by Crippen LogP contribution is -2.32. The Morgan fingerprint density at radius 1 is 1.00 bits per heavy atom. The Morgan fingerprint density at radius 3 is 2.25 bits per heavy atom. The molecular weight excluding hydrogens is 376 g/mol. The Hall–Kier alpha value is -2.54. The molecule has 0 saturated carbocycles. The van der Waals surface area contributed by atoms with Crippen molar-refractivity contribution in [2.75, 3.05) is 24.9 Å². The SMILES string of the molecule is COc1ccc(S(=O)(=O)Nc2ccc(C)cc2)cc1C(=O)N1CCCCCC1. The van der Waals surface area contributed by atoms with E-state index in [0.29, 0.717) is 24.5 Å². The minimum Gasteiger partial charge on any atom is -0.496 e. The van der Waals surface area contributed by atoms with Crippen molar-refractivity contribution in [3.05, 3.63) is 53.6 Å². The number of methoxy groups -OCH3 is 1. The Labute approximate surface area is 166 Å². The summed E-state index contributed by atoms with van der Waals surface area (Å²) in [5.41, 5.74) is 1.79. The molecule has 0 radical (unpaired) electrons. The molecule has 1 aliphatic heterocycles. The predicted molar refractivity (Wildman–Crippen MR) is 109 cm³/mol. The molecular formula is C21H26N2O4S. The van der Waals surface area contributed by atoms with Crippen LogP contribution in [0.4, 0.5) is 5.69 Å². The quantitative estimate of drug-likeness (QED) is 0.825. The Morgan fingerprint density at radius 2 is 1.64 bits per heavy atom. The van der Waals surface area contributed by atoms with E-state index in [-0.39, 0.29) is 16.4 Å². The molecule has 2 aromatic rings. The molecule has 2 aromatic carbocycles. The van der Waals surface area contributed by atoms with E-state index < -0.39 is 10.0 Å². The Kier molecular flexibility index (Phi) is 6.24. The zero-order valence-electron chi connectivity index (χ0n) is 16.3. The number of aryl methyl sites for hydroxylation is 1. The van der Waals surface area contributed by atoms with Gasteiger partial charge in [-0.2, -0.15) is 0 Å². The first-order valence-electron chi connectivity index (χ1n) is 9.47. The van der Waals surface area contributed by atoms with E-state index in [2.05, 4.69) is 4.72 Å². The maximum Gasteiger partial charge on any atom is 0.261 e. The number of likely N-dealkylation sites (tertiary alicyclic amines) is 1. The number of nitrogens with zero attached hydrogens (tertiary/aromatic N) is 1. The van der Waals surface area contributed by atoms with Gasteiger partial charge >= 0.3 is 0 Å². The average molecular weight is 403 g/mol. The first-order valence-corrected chi connectivity index (χ1v) is 11.0. The van der Waals surface area contributed by atoms with Crippen LogP contribution in [0.5, 0.6) is 5.75 Å². The maximum atomic E-state index is 13.0. The van der Waals surface area contributed by atoms with Crippen molar-refractivity contribution in [1.82, 2.24) is 4.90 Å². The van der Waals surface area contributed by atoms with Gasteiger partial charge in [-0.1, -0.05) is 30.5 Å². The van der Waals surface area contributed by atoms with Crippen LogP contribution in [0, 0.1) is 6.92 Å². The summed E-state index contributed by atoms with van der Waals surface area (Å²) < 4.78 is 33.5. The van der Waals surface area contributed by atoms with Crippen LogP contribution in [0.25, 0.3) is 0 Å². The second kappa shape index (κ2) is 8.65. The smallest absolute Gasteiger partial charge is 0.261 e. The highest BCUT2D eigenvalue weighted by molar-refractivity contribution is 7.92. The van der Waals surface area contributed by atoms with Gasteiger partial charge in [0.25, 0.3) is 15.9 Å². The zero-order valence-corrected chi connectivity index (χ0v) is 17.1. The lowest BCUT2D eigenvalue weighted by atomic mass is 10.1. The minimum absolute atomic E-state index is 0.0343. The second-order valence-electron chi connectivity index (χ2n) is 7.04. The fraction of sp³-hybridized carbons (Fsp3) is 0.381. The number of carbonyl (C=O) groups excluding carboxylic acids is 1. The number of hydrogen-bond acceptors (Lipinski definition) is 4. The molecule has 1 aliphatic rings. The van der Waals surface area contributed by atoms with Gasteiger partial charge in [-0.05, 0) is 50.1 Å². The van der Waals surface area contributed by atoms with Gasteiger partial charge in [0.05, 0.1) is 17.6 Å². The molecule has 0 spiro atoms. The molecule has 0 aliphatic carbocycles. The average Bonchev–Trinajstić information content (AvgIpc) is 2.98. The third kappa shape index (κ3) is 4.65. The molecule has 3 rings (SSSR count). The number of carbonyl (C=O) groups is 1. The van der Waals surface area contributed by atoms with Crippen molar-refractivity contribution in [2.24, 2.45) is 0 Å². The summed E-state index contributed by atoms with van der Waals surface area (Å²) in [5, 5.41) is 0. The van der Waals surface area contributed by atoms with E-state index >= 15 is 0 Å². The molecule has 7 heteroatoms. The fourth-order valence-corrected chi connectivity index (χ4v) is 4.39. The lowest BCUT2D eigenvalue weighted by Gasteiger charge is -2.22. The van der Waals surface area contributed by atoms with Gasteiger partial charge in [-0.15, -0.1) is 0 Å². The molecule has 150 valence electrons. The van der Waals surface area contributed by atoms with Crippen LogP contribution in [-0.2, 0) is 10.0 Å². The van der Waals surface area contributed by atoms with Crippen LogP contribution >= 0.6 is 0 Å². The van der Waals surface area contributed by atoms with Gasteiger partial charge in [0, 0.05) is 18.8 Å². The molecule has 0 bridgehead atoms. The molecule has 1 fully saturated rings. The summed E-state index contributed by atoms with van der Waals surface area (Å²) in [7, 11) is -2.34. The number of anilines is 1. The molecule has 28 heavy (non-hydrogen) atoms. The summed E-state index contributed by atoms with van der Waals surface area (Å²) in [4.78, 5) is 14.9. The summed E-state index contributed by atoms with van der Waals surface area (Å²) in [6.45, 7) is 3.30. The molecule has 1 amide bonds. The molecule has 6 nitrogen and oxygen atoms in total. The van der Waals surface area contributed by atoms with Crippen molar-refractivity contribution in [3.8, 4) is 5.75 Å². The standard InChI is InChI=1S/C21H26N2O4S/c1-16-7-9-17(10-8-16)22-28(25,26)18-11-12-20(27-2)19(15-18)21(24)23-13-5-3-4-6-14-23/h7-12,15,22H,3-6,13-14H2,1-2H3. The van der Waals surface area contributed by atoms with E-state index in [0.717, 1.165) is 31.2 Å². The fourth-order valence-electron chi connectivity index (χ4n) is 3.30. The summed E-state index contributed by atoms with van der Waals surface area (Å²) in [6, 6.07) is 11.5. The Balaban J connectivity index is 1.90. The third-order valence-corrected chi connectivity index (χ3v) is 6.29. The van der Waals surface area contributed by atoms with Gasteiger partial charge in [0.1, 0.15) is 5.75 Å². The van der Waals surface area contributed by atoms with E-state index in [1.807, 2.05) is 19.1 Å². The van der Waals surface area contributed by atoms with Crippen molar-refractivity contribution in [3.63, 3.8) is 0 Å². The lowest BCUT2D eigenvalue weighted by molar-refractivity contribution is 0.0758. The van der Waals surface area contributed by atoms with E-state index in [9.17, 15) is 13.2 Å². The van der Waals surface area contributed by atoms with Crippen LogP contribution in [-0.4, -0.2) is 39.4 Å². The molecule has 1 N–H and O–H groups in total. The monoisotopic (exact) mass is 402 g/mol. The van der Waals surface area contributed by atoms with Crippen LogP contribution in [0.15, 0.2) is 47.4 Å². The third-order valence-electron chi connectivity index (χ3n) is 4.91. The van der Waals surface area contributed by atoms with Crippen molar-refractivity contribution >= 4 is 21.6 Å². The molecule has 0 unspecified atom stereocenters. The maximum absolute atomic E-state index is 13.0. The van der Waals surface area contributed by atoms with Gasteiger partial charge < -0.3 is 9.64 Å². The van der Waals surface area contributed by atoms with Gasteiger partial charge in [-0.3, -0.25) is 9.52 Å². The summed E-state index contributed by atoms with van der Waals surface area (Å²) >= 11 is 0. The number of amides is 1. The van der Waals surface area contributed by atoms with E-state index in [1.54, 1.807) is 17.0 Å². The van der Waals surface area contributed by atoms with Crippen molar-refractivity contribution in [2.45, 2.75) is 37.5 Å². The van der Waals surface area contributed by atoms with Gasteiger partial charge in [0.15, 0.2) is 0 Å². The number of ether oxygens (including phenoxy) is 1. The van der Waals surface area contributed by atoms with E-state index in [4.69, 9.17) is 4.74 Å². The second-order valence-corrected chi connectivity index (χ2v) is 8.72. The van der Waals surface area contributed by atoms with Crippen LogP contribution in [0.1, 0.15) is 41.6 Å². The Bertz CT molecular complexity index is 931. The summed E-state index contributed by atoms with van der Waals surface area (Å²) in [6.07, 6.45) is 4.13. The highest BCUT2D eigenvalue weighted by Gasteiger charge is 2.24. The van der Waals surface area contributed by atoms with Crippen LogP contribution in [0.2, 0.25) is 0 Å². The topological polar surface area (TPSA) is 75.7 Å². The minimum atomic E-state index is -3.82. The number of hydrogen-bond donors (Lipinski definition) is 1. The first kappa shape index (κ1) is 20.2. The predicted octanol–water partition coefficient (Wildman–Crippen LogP) is 3.82. The zero-order chi connectivity index (χ0) is 20.1. The number of benzene rings is 2. The summed E-state index contributed by atoms with van der Waals surface area (Å²) in [5.74, 6) is 0.190. The van der Waals surface area contributed by atoms with Crippen LogP contribution in [0.3, 0.4) is 0 Å². The first-order chi connectivity index (χ1) is 13.4. The highest BCUT2D eigenvalue weighted by atomic mass is 32.2. The highest BCUT2D eigenvalue weighted by Crippen LogP contribution is 2.26. The molecule has 0 atom stereocenters. The molecule has 1 heterocycles. The molecule has 1 saturated heterocycles. The van der Waals surface area contributed by atoms with Crippen molar-refractivity contribution < 1.29 is 17.9 Å². The normalized spacial score (nSPS) is 15.0. The van der Waals surface area contributed by atoms with E-state index in [1.165, 1.54) is 25.3 Å². The molecule has 0 aromatic heterocycles. The van der Waals surface area contributed by atoms with Crippen molar-refractivity contribution in [1.29, 1.82) is 0 Å². The van der Waals surface area contributed by atoms with Gasteiger partial charge in [-0.25, -0.2) is 8.42 Å².